The number of nitrogens with zero attached hydrogens (tertiary/aromatic N) is 2. The van der Waals surface area contributed by atoms with Gasteiger partial charge in [-0.05, 0) is 20.8 Å². The summed E-state index contributed by atoms with van der Waals surface area (Å²) in [5.74, 6) is 0. The molecule has 0 saturated carbocycles. The lowest BCUT2D eigenvalue weighted by Crippen LogP contribution is -2.52. The molecular formula is C9H12BrN2O2S-. The van der Waals surface area contributed by atoms with Gasteiger partial charge in [0, 0.05) is 16.2 Å². The van der Waals surface area contributed by atoms with Gasteiger partial charge in [0.2, 0.25) is 0 Å². The van der Waals surface area contributed by atoms with Gasteiger partial charge in [0.25, 0.3) is 0 Å². The lowest BCUT2D eigenvalue weighted by molar-refractivity contribution is -0.247. The van der Waals surface area contributed by atoms with Crippen LogP contribution in [0, 0.1) is 0 Å². The number of hydrogen-bond donors (Lipinski definition) is 0. The molecule has 0 spiro atoms. The molecule has 1 heterocycles. The number of thiazole rings is 1. The molecule has 0 aliphatic carbocycles. The summed E-state index contributed by atoms with van der Waals surface area (Å²) in [6.07, 6.45) is -1.22. The van der Waals surface area contributed by atoms with E-state index < -0.39 is 11.6 Å². The fraction of sp³-hybridized carbons (Fsp3) is 0.556. The van der Waals surface area contributed by atoms with Gasteiger partial charge in [-0.1, -0.05) is 15.9 Å². The molecule has 1 aromatic heterocycles. The lowest BCUT2D eigenvalue weighted by atomic mass is 10.1. The van der Waals surface area contributed by atoms with Crippen molar-refractivity contribution in [3.63, 3.8) is 0 Å². The number of carboxylic acid groups (broad SMARTS) is 1. The van der Waals surface area contributed by atoms with Crippen LogP contribution in [-0.2, 0) is 5.33 Å². The highest BCUT2D eigenvalue weighted by Crippen LogP contribution is 2.27. The minimum Gasteiger partial charge on any atom is -0.530 e. The Kier molecular flexibility index (Phi) is 3.72. The number of aromatic nitrogens is 1. The number of anilines is 1. The predicted molar refractivity (Wildman–Crippen MR) is 62.4 cm³/mol. The monoisotopic (exact) mass is 291 g/mol. The molecule has 84 valence electrons. The van der Waals surface area contributed by atoms with Crippen LogP contribution in [0.1, 0.15) is 26.5 Å². The molecule has 0 radical (unpaired) electrons. The zero-order valence-electron chi connectivity index (χ0n) is 8.78. The van der Waals surface area contributed by atoms with E-state index in [0.717, 1.165) is 5.69 Å². The van der Waals surface area contributed by atoms with Gasteiger partial charge in [-0.3, -0.25) is 4.90 Å². The van der Waals surface area contributed by atoms with Crippen molar-refractivity contribution in [2.45, 2.75) is 31.6 Å². The molecule has 15 heavy (non-hydrogen) atoms. The number of alkyl halides is 1. The minimum atomic E-state index is -1.22. The third-order valence-electron chi connectivity index (χ3n) is 1.72. The summed E-state index contributed by atoms with van der Waals surface area (Å²) in [6.45, 7) is 5.41. The molecule has 1 rings (SSSR count). The van der Waals surface area contributed by atoms with Gasteiger partial charge in [-0.15, -0.1) is 11.3 Å². The predicted octanol–water partition coefficient (Wildman–Crippen LogP) is 1.99. The second-order valence-electron chi connectivity index (χ2n) is 4.03. The van der Waals surface area contributed by atoms with Crippen molar-refractivity contribution in [1.82, 2.24) is 4.98 Å². The van der Waals surface area contributed by atoms with E-state index in [4.69, 9.17) is 0 Å². The molecule has 4 nitrogen and oxygen atoms in total. The molecule has 0 atom stereocenters. The first kappa shape index (κ1) is 12.4. The summed E-state index contributed by atoms with van der Waals surface area (Å²) in [5, 5.41) is 13.9. The summed E-state index contributed by atoms with van der Waals surface area (Å²) in [6, 6.07) is 0. The van der Waals surface area contributed by atoms with Crippen molar-refractivity contribution in [2.24, 2.45) is 0 Å². The topological polar surface area (TPSA) is 56.3 Å². The van der Waals surface area contributed by atoms with E-state index in [9.17, 15) is 9.90 Å². The molecular weight excluding hydrogens is 280 g/mol. The molecule has 0 aliphatic heterocycles. The van der Waals surface area contributed by atoms with Crippen LogP contribution in [0.3, 0.4) is 0 Å². The third kappa shape index (κ3) is 2.92. The van der Waals surface area contributed by atoms with Crippen LogP contribution < -0.4 is 10.0 Å². The minimum absolute atomic E-state index is 0.456. The Morgan fingerprint density at radius 3 is 2.60 bits per heavy atom. The van der Waals surface area contributed by atoms with E-state index in [-0.39, 0.29) is 0 Å². The van der Waals surface area contributed by atoms with Crippen molar-refractivity contribution in [1.29, 1.82) is 0 Å². The number of hydrogen-bond acceptors (Lipinski definition) is 4. The first-order valence-electron chi connectivity index (χ1n) is 4.38. The van der Waals surface area contributed by atoms with Gasteiger partial charge in [0.15, 0.2) is 5.13 Å². The second-order valence-corrected chi connectivity index (χ2v) is 5.42. The molecule has 0 N–H and O–H groups in total. The highest BCUT2D eigenvalue weighted by Gasteiger charge is 2.25. The zero-order valence-corrected chi connectivity index (χ0v) is 11.2. The Labute approximate surface area is 101 Å². The van der Waals surface area contributed by atoms with E-state index in [1.807, 2.05) is 5.38 Å². The largest absolute Gasteiger partial charge is 0.530 e. The van der Waals surface area contributed by atoms with Crippen LogP contribution >= 0.6 is 27.3 Å². The van der Waals surface area contributed by atoms with Crippen LogP contribution in [0.5, 0.6) is 0 Å². The number of amides is 1. The quantitative estimate of drug-likeness (QED) is 0.783. The molecule has 1 aromatic rings. The summed E-state index contributed by atoms with van der Waals surface area (Å²) >= 11 is 4.57. The average Bonchev–Trinajstić information content (AvgIpc) is 2.49. The summed E-state index contributed by atoms with van der Waals surface area (Å²) in [4.78, 5) is 16.4. The maximum absolute atomic E-state index is 11.0. The Bertz CT molecular complexity index is 359. The van der Waals surface area contributed by atoms with Gasteiger partial charge in [0.1, 0.15) is 6.09 Å². The number of carbonyl (C=O) groups is 1. The molecule has 0 bridgehead atoms. The number of carbonyl (C=O) groups excluding carboxylic acids is 1. The SMILES string of the molecule is CC(C)(C)N(C(=O)[O-])c1nc(CBr)cs1. The van der Waals surface area contributed by atoms with E-state index in [1.54, 1.807) is 20.8 Å². The second kappa shape index (κ2) is 4.49. The smallest absolute Gasteiger partial charge is 0.191 e. The Morgan fingerprint density at radius 1 is 1.67 bits per heavy atom. The normalized spacial score (nSPS) is 11.5. The van der Waals surface area contributed by atoms with Gasteiger partial charge in [-0.2, -0.15) is 0 Å². The molecule has 0 aromatic carbocycles. The van der Waals surface area contributed by atoms with Gasteiger partial charge in [-0.25, -0.2) is 4.98 Å². The fourth-order valence-corrected chi connectivity index (χ4v) is 2.60. The Hall–Kier alpha value is -0.620. The first-order chi connectivity index (χ1) is 6.86. The van der Waals surface area contributed by atoms with E-state index in [1.165, 1.54) is 16.2 Å². The molecule has 0 saturated heterocycles. The highest BCUT2D eigenvalue weighted by atomic mass is 79.9. The standard InChI is InChI=1S/C9H13BrN2O2S/c1-9(2,3)12(8(13)14)7-11-6(4-10)5-15-7/h5H,4H2,1-3H3,(H,13,14)/p-1. The maximum Gasteiger partial charge on any atom is 0.191 e. The molecule has 0 fully saturated rings. The van der Waals surface area contributed by atoms with E-state index >= 15 is 0 Å². The van der Waals surface area contributed by atoms with Crippen molar-refractivity contribution in [3.8, 4) is 0 Å². The van der Waals surface area contributed by atoms with Crippen LogP contribution in [-0.4, -0.2) is 16.6 Å². The highest BCUT2D eigenvalue weighted by molar-refractivity contribution is 9.08. The summed E-state index contributed by atoms with van der Waals surface area (Å²) in [5.41, 5.74) is 0.283. The molecule has 0 unspecified atom stereocenters. The summed E-state index contributed by atoms with van der Waals surface area (Å²) < 4.78 is 0. The lowest BCUT2D eigenvalue weighted by Gasteiger charge is -2.35. The average molecular weight is 292 g/mol. The fourth-order valence-electron chi connectivity index (χ4n) is 1.10. The maximum atomic E-state index is 11.0. The Balaban J connectivity index is 3.05. The van der Waals surface area contributed by atoms with Gasteiger partial charge < -0.3 is 9.90 Å². The van der Waals surface area contributed by atoms with Crippen molar-refractivity contribution >= 4 is 38.5 Å². The van der Waals surface area contributed by atoms with Crippen molar-refractivity contribution < 1.29 is 9.90 Å². The van der Waals surface area contributed by atoms with Gasteiger partial charge in [0.05, 0.1) is 5.69 Å². The van der Waals surface area contributed by atoms with E-state index in [2.05, 4.69) is 20.9 Å². The first-order valence-corrected chi connectivity index (χ1v) is 6.38. The zero-order chi connectivity index (χ0) is 11.6. The van der Waals surface area contributed by atoms with Crippen LogP contribution in [0.2, 0.25) is 0 Å². The van der Waals surface area contributed by atoms with Crippen molar-refractivity contribution in [2.75, 3.05) is 4.90 Å². The van der Waals surface area contributed by atoms with E-state index in [0.29, 0.717) is 10.5 Å². The molecule has 0 aliphatic rings. The number of halogens is 1. The van der Waals surface area contributed by atoms with Crippen LogP contribution in [0.4, 0.5) is 9.93 Å². The summed E-state index contributed by atoms with van der Waals surface area (Å²) in [7, 11) is 0. The van der Waals surface area contributed by atoms with Gasteiger partial charge >= 0.3 is 0 Å². The van der Waals surface area contributed by atoms with Crippen LogP contribution in [0.15, 0.2) is 5.38 Å². The third-order valence-corrected chi connectivity index (χ3v) is 3.17. The Morgan fingerprint density at radius 2 is 2.27 bits per heavy atom. The molecule has 6 heteroatoms. The van der Waals surface area contributed by atoms with Crippen LogP contribution in [0.25, 0.3) is 0 Å². The number of rotatable bonds is 2. The molecule has 1 amide bonds. The van der Waals surface area contributed by atoms with Crippen molar-refractivity contribution in [3.05, 3.63) is 11.1 Å².